The molecule has 1 N–H and O–H groups in total. The number of ether oxygens (including phenoxy) is 1. The van der Waals surface area contributed by atoms with Crippen molar-refractivity contribution in [3.8, 4) is 0 Å². The van der Waals surface area contributed by atoms with Crippen LogP contribution in [-0.2, 0) is 10.9 Å². The monoisotopic (exact) mass is 322 g/mol. The molecule has 0 saturated carbocycles. The Balaban J connectivity index is 1.92. The Morgan fingerprint density at radius 2 is 2.29 bits per heavy atom. The molecule has 21 heavy (non-hydrogen) atoms. The molecule has 1 aliphatic rings. The van der Waals surface area contributed by atoms with Gasteiger partial charge in [0.25, 0.3) is 0 Å². The number of hydrogen-bond acceptors (Lipinski definition) is 5. The molecule has 0 saturated heterocycles. The number of carbonyl (C=O) groups is 1. The molecule has 2 amide bonds. The van der Waals surface area contributed by atoms with E-state index in [-0.39, 0.29) is 5.13 Å². The van der Waals surface area contributed by atoms with Gasteiger partial charge in [-0.1, -0.05) is 17.4 Å². The van der Waals surface area contributed by atoms with E-state index in [1.165, 1.54) is 4.90 Å². The molecule has 0 spiro atoms. The summed E-state index contributed by atoms with van der Waals surface area (Å²) in [6.45, 7) is 1.38. The van der Waals surface area contributed by atoms with Crippen molar-refractivity contribution in [2.24, 2.45) is 0 Å². The highest BCUT2D eigenvalue weighted by atomic mass is 32.1. The molecule has 0 fully saturated rings. The van der Waals surface area contributed by atoms with Gasteiger partial charge in [-0.25, -0.2) is 4.79 Å². The summed E-state index contributed by atoms with van der Waals surface area (Å²) in [5.41, 5.74) is 1.09. The fourth-order valence-corrected chi connectivity index (χ4v) is 2.37. The van der Waals surface area contributed by atoms with Crippen molar-refractivity contribution in [2.45, 2.75) is 12.6 Å². The first kappa shape index (κ1) is 15.7. The average Bonchev–Trinajstić information content (AvgIpc) is 2.88. The first-order chi connectivity index (χ1) is 9.90. The van der Waals surface area contributed by atoms with Crippen LogP contribution in [-0.4, -0.2) is 47.9 Å². The first-order valence-corrected chi connectivity index (χ1v) is 6.85. The Bertz CT molecular complexity index is 544. The van der Waals surface area contributed by atoms with Crippen molar-refractivity contribution >= 4 is 22.5 Å². The second-order valence-corrected chi connectivity index (χ2v) is 5.31. The maximum atomic E-state index is 12.4. The van der Waals surface area contributed by atoms with Gasteiger partial charge in [0.1, 0.15) is 0 Å². The third-order valence-electron chi connectivity index (χ3n) is 2.80. The van der Waals surface area contributed by atoms with Crippen molar-refractivity contribution in [3.63, 3.8) is 0 Å². The lowest BCUT2D eigenvalue weighted by Gasteiger charge is -2.25. The number of urea groups is 1. The van der Waals surface area contributed by atoms with E-state index < -0.39 is 17.2 Å². The van der Waals surface area contributed by atoms with E-state index in [4.69, 9.17) is 4.74 Å². The number of nitrogens with zero attached hydrogens (tertiary/aromatic N) is 3. The van der Waals surface area contributed by atoms with Crippen LogP contribution in [0.1, 0.15) is 11.4 Å². The minimum atomic E-state index is -4.55. The van der Waals surface area contributed by atoms with Crippen LogP contribution in [0.25, 0.3) is 0 Å². The molecule has 0 unspecified atom stereocenters. The highest BCUT2D eigenvalue weighted by Crippen LogP contribution is 2.33. The average molecular weight is 322 g/mol. The minimum Gasteiger partial charge on any atom is -0.380 e. The molecule has 0 atom stereocenters. The first-order valence-electron chi connectivity index (χ1n) is 6.03. The van der Waals surface area contributed by atoms with E-state index in [0.29, 0.717) is 37.5 Å². The number of hydrogen-bond donors (Lipinski definition) is 1. The molecule has 0 aromatic carbocycles. The van der Waals surface area contributed by atoms with Gasteiger partial charge in [-0.05, 0) is 12.0 Å². The summed E-state index contributed by atoms with van der Waals surface area (Å²) in [5, 5.41) is 7.39. The Kier molecular flexibility index (Phi) is 4.78. The number of nitrogens with one attached hydrogen (secondary N) is 1. The molecule has 0 aliphatic carbocycles. The molecule has 10 heteroatoms. The summed E-state index contributed by atoms with van der Waals surface area (Å²) in [5.74, 6) is 0. The summed E-state index contributed by atoms with van der Waals surface area (Å²) >= 11 is 0.300. The zero-order valence-corrected chi connectivity index (χ0v) is 11.9. The fourth-order valence-electron chi connectivity index (χ4n) is 1.77. The summed E-state index contributed by atoms with van der Waals surface area (Å²) in [6, 6.07) is -0.493. The number of aromatic nitrogens is 2. The smallest absolute Gasteiger partial charge is 0.380 e. The van der Waals surface area contributed by atoms with Crippen LogP contribution in [0, 0.1) is 0 Å². The maximum Gasteiger partial charge on any atom is 0.445 e. The SMILES string of the molecule is COCC1=CCN(C(=O)Nc2nnc(C(F)(F)F)s2)CC1. The summed E-state index contributed by atoms with van der Waals surface area (Å²) in [4.78, 5) is 13.4. The normalized spacial score (nSPS) is 15.8. The van der Waals surface area contributed by atoms with Gasteiger partial charge in [-0.15, -0.1) is 10.2 Å². The van der Waals surface area contributed by atoms with E-state index >= 15 is 0 Å². The lowest BCUT2D eigenvalue weighted by molar-refractivity contribution is -0.138. The molecule has 2 heterocycles. The Morgan fingerprint density at radius 1 is 1.52 bits per heavy atom. The van der Waals surface area contributed by atoms with Crippen LogP contribution in [0.3, 0.4) is 0 Å². The van der Waals surface area contributed by atoms with Crippen molar-refractivity contribution in [1.29, 1.82) is 0 Å². The lowest BCUT2D eigenvalue weighted by Crippen LogP contribution is -2.38. The van der Waals surface area contributed by atoms with E-state index in [1.807, 2.05) is 6.08 Å². The number of amides is 2. The molecule has 1 aliphatic heterocycles. The summed E-state index contributed by atoms with van der Waals surface area (Å²) in [6.07, 6.45) is -2.01. The highest BCUT2D eigenvalue weighted by molar-refractivity contribution is 7.15. The Morgan fingerprint density at radius 3 is 2.81 bits per heavy atom. The van der Waals surface area contributed by atoms with E-state index in [1.54, 1.807) is 7.11 Å². The van der Waals surface area contributed by atoms with Gasteiger partial charge in [0.2, 0.25) is 10.1 Å². The molecule has 116 valence electrons. The van der Waals surface area contributed by atoms with Gasteiger partial charge in [-0.2, -0.15) is 13.2 Å². The van der Waals surface area contributed by atoms with E-state index in [9.17, 15) is 18.0 Å². The molecule has 0 radical (unpaired) electrons. The quantitative estimate of drug-likeness (QED) is 0.868. The number of anilines is 1. The van der Waals surface area contributed by atoms with Crippen molar-refractivity contribution < 1.29 is 22.7 Å². The summed E-state index contributed by atoms with van der Waals surface area (Å²) in [7, 11) is 1.59. The number of carbonyl (C=O) groups excluding carboxylic acids is 1. The third-order valence-corrected chi connectivity index (χ3v) is 3.69. The molecule has 2 rings (SSSR count). The standard InChI is InChI=1S/C11H13F3N4O2S/c1-20-6-7-2-4-18(5-3-7)10(19)15-9-17-16-8(21-9)11(12,13)14/h2H,3-6H2,1H3,(H,15,17,19). The maximum absolute atomic E-state index is 12.4. The van der Waals surface area contributed by atoms with Crippen molar-refractivity contribution in [3.05, 3.63) is 16.7 Å². The largest absolute Gasteiger partial charge is 0.445 e. The second kappa shape index (κ2) is 6.39. The van der Waals surface area contributed by atoms with Crippen LogP contribution in [0.4, 0.5) is 23.1 Å². The zero-order chi connectivity index (χ0) is 15.5. The number of methoxy groups -OCH3 is 1. The van der Waals surface area contributed by atoms with Crippen LogP contribution in [0.2, 0.25) is 0 Å². The molecule has 6 nitrogen and oxygen atoms in total. The van der Waals surface area contributed by atoms with E-state index in [2.05, 4.69) is 15.5 Å². The van der Waals surface area contributed by atoms with Crippen LogP contribution in [0.15, 0.2) is 11.6 Å². The third kappa shape index (κ3) is 4.14. The molecular formula is C11H13F3N4O2S. The van der Waals surface area contributed by atoms with Crippen molar-refractivity contribution in [2.75, 3.05) is 32.1 Å². The van der Waals surface area contributed by atoms with Crippen LogP contribution >= 0.6 is 11.3 Å². The predicted molar refractivity (Wildman–Crippen MR) is 70.1 cm³/mol. The highest BCUT2D eigenvalue weighted by Gasteiger charge is 2.36. The van der Waals surface area contributed by atoms with Gasteiger partial charge in [-0.3, -0.25) is 5.32 Å². The molecule has 0 bridgehead atoms. The van der Waals surface area contributed by atoms with Gasteiger partial charge < -0.3 is 9.64 Å². The minimum absolute atomic E-state index is 0.168. The number of halogens is 3. The summed E-state index contributed by atoms with van der Waals surface area (Å²) < 4.78 is 42.1. The molecular weight excluding hydrogens is 309 g/mol. The van der Waals surface area contributed by atoms with Gasteiger partial charge in [0.05, 0.1) is 6.61 Å². The lowest BCUT2D eigenvalue weighted by atomic mass is 10.1. The topological polar surface area (TPSA) is 67.3 Å². The molecule has 1 aromatic heterocycles. The van der Waals surface area contributed by atoms with Gasteiger partial charge in [0.15, 0.2) is 0 Å². The van der Waals surface area contributed by atoms with Crippen LogP contribution in [0.5, 0.6) is 0 Å². The second-order valence-electron chi connectivity index (χ2n) is 4.33. The Labute approximate surface area is 122 Å². The van der Waals surface area contributed by atoms with Crippen LogP contribution < -0.4 is 5.32 Å². The van der Waals surface area contributed by atoms with E-state index in [0.717, 1.165) is 5.57 Å². The zero-order valence-electron chi connectivity index (χ0n) is 11.1. The number of rotatable bonds is 3. The Hall–Kier alpha value is -1.68. The fraction of sp³-hybridized carbons (Fsp3) is 0.545. The predicted octanol–water partition coefficient (Wildman–Crippen LogP) is 2.37. The van der Waals surface area contributed by atoms with Gasteiger partial charge in [0, 0.05) is 20.2 Å². The molecule has 1 aromatic rings. The van der Waals surface area contributed by atoms with Gasteiger partial charge >= 0.3 is 12.2 Å². The van der Waals surface area contributed by atoms with Crippen molar-refractivity contribution in [1.82, 2.24) is 15.1 Å². The number of alkyl halides is 3.